The Morgan fingerprint density at radius 3 is 2.43 bits per heavy atom. The molecule has 0 aliphatic carbocycles. The Balaban J connectivity index is 1.24. The molecule has 180 valence electrons. The maximum Gasteiger partial charge on any atom is 0.227 e. The fourth-order valence-corrected chi connectivity index (χ4v) is 4.90. The number of aromatic nitrogens is 2. The highest BCUT2D eigenvalue weighted by atomic mass is 19.1. The molecule has 2 heterocycles. The molecule has 4 aromatic rings. The summed E-state index contributed by atoms with van der Waals surface area (Å²) in [6.45, 7) is 4.51. The number of benzene rings is 3. The molecule has 1 aliphatic heterocycles. The fourth-order valence-electron chi connectivity index (χ4n) is 4.90. The number of para-hydroxylation sites is 2. The number of carbonyl (C=O) groups is 1. The number of carbonyl (C=O) groups excluding carboxylic acids is 1. The third kappa shape index (κ3) is 5.28. The second-order valence-corrected chi connectivity index (χ2v) is 9.32. The number of imidazole rings is 1. The van der Waals surface area contributed by atoms with Crippen molar-refractivity contribution >= 4 is 22.6 Å². The molecule has 0 unspecified atom stereocenters. The Morgan fingerprint density at radius 2 is 1.71 bits per heavy atom. The van der Waals surface area contributed by atoms with Crippen LogP contribution in [0.25, 0.3) is 16.7 Å². The van der Waals surface area contributed by atoms with Crippen LogP contribution < -0.4 is 5.32 Å². The van der Waals surface area contributed by atoms with E-state index in [4.69, 9.17) is 4.98 Å². The molecule has 0 bridgehead atoms. The van der Waals surface area contributed by atoms with Gasteiger partial charge < -0.3 is 5.32 Å². The topological polar surface area (TPSA) is 50.2 Å². The molecule has 1 fully saturated rings. The third-order valence-corrected chi connectivity index (χ3v) is 6.80. The number of halogens is 1. The largest absolute Gasteiger partial charge is 0.326 e. The maximum atomic E-state index is 13.5. The van der Waals surface area contributed by atoms with E-state index in [0.29, 0.717) is 6.54 Å². The molecule has 0 spiro atoms. The van der Waals surface area contributed by atoms with E-state index in [2.05, 4.69) is 33.8 Å². The fraction of sp³-hybridized carbons (Fsp3) is 0.310. The third-order valence-electron chi connectivity index (χ3n) is 6.80. The van der Waals surface area contributed by atoms with Gasteiger partial charge in [0.25, 0.3) is 0 Å². The molecule has 0 atom stereocenters. The number of piperidine rings is 1. The van der Waals surface area contributed by atoms with Crippen LogP contribution in [0.2, 0.25) is 0 Å². The van der Waals surface area contributed by atoms with Gasteiger partial charge in [-0.2, -0.15) is 0 Å². The van der Waals surface area contributed by atoms with E-state index in [0.717, 1.165) is 67.0 Å². The van der Waals surface area contributed by atoms with Crippen LogP contribution in [0.5, 0.6) is 0 Å². The van der Waals surface area contributed by atoms with E-state index in [-0.39, 0.29) is 17.6 Å². The molecule has 1 N–H and O–H groups in total. The zero-order valence-electron chi connectivity index (χ0n) is 20.1. The lowest BCUT2D eigenvalue weighted by atomic mass is 9.95. The lowest BCUT2D eigenvalue weighted by Gasteiger charge is -2.31. The van der Waals surface area contributed by atoms with E-state index in [1.54, 1.807) is 12.1 Å². The average Bonchev–Trinajstić information content (AvgIpc) is 3.24. The predicted octanol–water partition coefficient (Wildman–Crippen LogP) is 5.97. The number of hydrogen-bond donors (Lipinski definition) is 1. The monoisotopic (exact) mass is 470 g/mol. The predicted molar refractivity (Wildman–Crippen MR) is 138 cm³/mol. The van der Waals surface area contributed by atoms with Gasteiger partial charge in [0, 0.05) is 17.3 Å². The van der Waals surface area contributed by atoms with Gasteiger partial charge >= 0.3 is 0 Å². The van der Waals surface area contributed by atoms with Crippen LogP contribution in [0.15, 0.2) is 72.8 Å². The lowest BCUT2D eigenvalue weighted by molar-refractivity contribution is -0.121. The second kappa shape index (κ2) is 10.4. The number of amides is 1. The molecule has 0 saturated carbocycles. The Kier molecular flexibility index (Phi) is 6.91. The van der Waals surface area contributed by atoms with Crippen LogP contribution in [0.3, 0.4) is 0 Å². The minimum atomic E-state index is -0.253. The summed E-state index contributed by atoms with van der Waals surface area (Å²) in [5.74, 6) is 0.786. The Labute approximate surface area is 205 Å². The molecule has 1 saturated heterocycles. The highest BCUT2D eigenvalue weighted by Gasteiger charge is 2.26. The summed E-state index contributed by atoms with van der Waals surface area (Å²) in [5, 5.41) is 3.09. The molecular weight excluding hydrogens is 439 g/mol. The van der Waals surface area contributed by atoms with Crippen molar-refractivity contribution in [1.82, 2.24) is 14.5 Å². The van der Waals surface area contributed by atoms with Crippen LogP contribution in [-0.2, 0) is 17.8 Å². The number of nitrogens with zero attached hydrogens (tertiary/aromatic N) is 3. The normalized spacial score (nSPS) is 14.9. The van der Waals surface area contributed by atoms with Gasteiger partial charge in [-0.3, -0.25) is 14.3 Å². The highest BCUT2D eigenvalue weighted by molar-refractivity contribution is 5.92. The number of nitrogens with one attached hydrogen (secondary N) is 1. The van der Waals surface area contributed by atoms with Crippen molar-refractivity contribution in [3.63, 3.8) is 0 Å². The van der Waals surface area contributed by atoms with Crippen LogP contribution in [0, 0.1) is 11.7 Å². The molecule has 0 radical (unpaired) electrons. The minimum absolute atomic E-state index is 0.0116. The van der Waals surface area contributed by atoms with Crippen molar-refractivity contribution in [2.24, 2.45) is 5.92 Å². The number of aryl methyl sites for hydroxylation is 1. The summed E-state index contributed by atoms with van der Waals surface area (Å²) in [7, 11) is 0. The number of hydrogen-bond acceptors (Lipinski definition) is 3. The molecule has 5 rings (SSSR count). The summed E-state index contributed by atoms with van der Waals surface area (Å²) in [6.07, 6.45) is 3.80. The number of likely N-dealkylation sites (tertiary alicyclic amines) is 1. The summed E-state index contributed by atoms with van der Waals surface area (Å²) in [4.78, 5) is 20.1. The van der Waals surface area contributed by atoms with Crippen molar-refractivity contribution in [1.29, 1.82) is 0 Å². The zero-order valence-corrected chi connectivity index (χ0v) is 20.1. The van der Waals surface area contributed by atoms with E-state index >= 15 is 0 Å². The lowest BCUT2D eigenvalue weighted by Crippen LogP contribution is -2.38. The summed E-state index contributed by atoms with van der Waals surface area (Å²) >= 11 is 0. The van der Waals surface area contributed by atoms with Gasteiger partial charge in [-0.05, 0) is 86.4 Å². The first-order chi connectivity index (χ1) is 17.1. The Bertz CT molecular complexity index is 1290. The first kappa shape index (κ1) is 23.2. The smallest absolute Gasteiger partial charge is 0.227 e. The van der Waals surface area contributed by atoms with Gasteiger partial charge in [-0.1, -0.05) is 37.6 Å². The van der Waals surface area contributed by atoms with Gasteiger partial charge in [0.05, 0.1) is 17.6 Å². The SMILES string of the molecule is CCCc1ccc(NC(=O)C2CCN(Cc3nc4ccccc4n3-c3ccc(F)cc3)CC2)cc1. The molecule has 5 nitrogen and oxygen atoms in total. The van der Waals surface area contributed by atoms with Gasteiger partial charge in [-0.15, -0.1) is 0 Å². The van der Waals surface area contributed by atoms with E-state index in [1.165, 1.54) is 17.7 Å². The van der Waals surface area contributed by atoms with Crippen molar-refractivity contribution in [3.8, 4) is 5.69 Å². The first-order valence-corrected chi connectivity index (χ1v) is 12.4. The number of fused-ring (bicyclic) bond motifs is 1. The van der Waals surface area contributed by atoms with Gasteiger partial charge in [0.2, 0.25) is 5.91 Å². The molecule has 1 aromatic heterocycles. The quantitative estimate of drug-likeness (QED) is 0.362. The first-order valence-electron chi connectivity index (χ1n) is 12.4. The molecule has 6 heteroatoms. The number of anilines is 1. The van der Waals surface area contributed by atoms with Gasteiger partial charge in [0.1, 0.15) is 11.6 Å². The molecule has 3 aromatic carbocycles. The van der Waals surface area contributed by atoms with E-state index < -0.39 is 0 Å². The van der Waals surface area contributed by atoms with E-state index in [1.807, 2.05) is 36.4 Å². The average molecular weight is 471 g/mol. The van der Waals surface area contributed by atoms with E-state index in [9.17, 15) is 9.18 Å². The van der Waals surface area contributed by atoms with Gasteiger partial charge in [0.15, 0.2) is 0 Å². The molecular formula is C29H31FN4O. The molecule has 35 heavy (non-hydrogen) atoms. The maximum absolute atomic E-state index is 13.5. The summed E-state index contributed by atoms with van der Waals surface area (Å²) in [5.41, 5.74) is 4.99. The van der Waals surface area contributed by atoms with Crippen LogP contribution in [0.4, 0.5) is 10.1 Å². The van der Waals surface area contributed by atoms with Crippen molar-refractivity contribution in [2.45, 2.75) is 39.2 Å². The van der Waals surface area contributed by atoms with Gasteiger partial charge in [-0.25, -0.2) is 9.37 Å². The van der Waals surface area contributed by atoms with Crippen LogP contribution >= 0.6 is 0 Å². The molecule has 1 amide bonds. The van der Waals surface area contributed by atoms with Crippen LogP contribution in [0.1, 0.15) is 37.6 Å². The van der Waals surface area contributed by atoms with Crippen molar-refractivity contribution in [2.75, 3.05) is 18.4 Å². The zero-order chi connectivity index (χ0) is 24.2. The van der Waals surface area contributed by atoms with Crippen LogP contribution in [-0.4, -0.2) is 33.4 Å². The standard InChI is InChI=1S/C29H31FN4O/c1-2-5-21-8-12-24(13-9-21)31-29(35)22-16-18-33(19-17-22)20-28-32-26-6-3-4-7-27(26)34(28)25-14-10-23(30)11-15-25/h3-4,6-15,22H,2,5,16-20H2,1H3,(H,31,35). The Hall–Kier alpha value is -3.51. The minimum Gasteiger partial charge on any atom is -0.326 e. The molecule has 1 aliphatic rings. The summed E-state index contributed by atoms with van der Waals surface area (Å²) in [6, 6.07) is 22.7. The number of rotatable bonds is 7. The second-order valence-electron chi connectivity index (χ2n) is 9.32. The summed E-state index contributed by atoms with van der Waals surface area (Å²) < 4.78 is 15.6. The van der Waals surface area contributed by atoms with Crippen molar-refractivity contribution in [3.05, 3.63) is 90.0 Å². The Morgan fingerprint density at radius 1 is 1.00 bits per heavy atom. The highest BCUT2D eigenvalue weighted by Crippen LogP contribution is 2.25. The van der Waals surface area contributed by atoms with Crippen molar-refractivity contribution < 1.29 is 9.18 Å².